The van der Waals surface area contributed by atoms with Crippen molar-refractivity contribution in [2.24, 2.45) is 27.4 Å². The number of fused-ring (bicyclic) bond motifs is 7. The second-order valence-electron chi connectivity index (χ2n) is 16.9. The van der Waals surface area contributed by atoms with Crippen LogP contribution in [0.25, 0.3) is 11.0 Å². The molecule has 14 nitrogen and oxygen atoms in total. The zero-order valence-electron chi connectivity index (χ0n) is 30.9. The molecule has 5 aliphatic rings. The Morgan fingerprint density at radius 1 is 0.788 bits per heavy atom. The molecule has 7 rings (SSSR count). The van der Waals surface area contributed by atoms with E-state index in [1.54, 1.807) is 74.4 Å². The van der Waals surface area contributed by atoms with Gasteiger partial charge in [-0.1, -0.05) is 27.7 Å². The number of ether oxygens (including phenoxy) is 6. The van der Waals surface area contributed by atoms with E-state index >= 15 is 0 Å². The van der Waals surface area contributed by atoms with Gasteiger partial charge in [0.15, 0.2) is 12.2 Å². The van der Waals surface area contributed by atoms with Crippen LogP contribution < -0.4 is 16.1 Å². The Morgan fingerprint density at radius 3 is 1.81 bits per heavy atom. The number of esters is 5. The van der Waals surface area contributed by atoms with Gasteiger partial charge in [0.05, 0.1) is 28.5 Å². The lowest BCUT2D eigenvalue weighted by Crippen LogP contribution is -2.57. The molecule has 4 fully saturated rings. The number of rotatable bonds is 7. The number of nitrogens with two attached hydrogens (primary N) is 1. The molecule has 6 atom stereocenters. The third-order valence-electron chi connectivity index (χ3n) is 13.9. The van der Waals surface area contributed by atoms with E-state index < -0.39 is 92.8 Å². The molecule has 0 spiro atoms. The van der Waals surface area contributed by atoms with Gasteiger partial charge in [-0.15, -0.1) is 0 Å². The van der Waals surface area contributed by atoms with E-state index in [0.29, 0.717) is 23.8 Å². The first-order valence-corrected chi connectivity index (χ1v) is 17.6. The van der Waals surface area contributed by atoms with Gasteiger partial charge in [0.25, 0.3) is 0 Å². The van der Waals surface area contributed by atoms with Gasteiger partial charge in [0.1, 0.15) is 23.5 Å². The molecule has 52 heavy (non-hydrogen) atoms. The first-order valence-electron chi connectivity index (χ1n) is 17.6. The summed E-state index contributed by atoms with van der Waals surface area (Å²) in [5.74, 6) is -3.24. The van der Waals surface area contributed by atoms with E-state index in [1.807, 2.05) is 0 Å². The minimum Gasteiger partial charge on any atom is -0.483 e. The van der Waals surface area contributed by atoms with Gasteiger partial charge >= 0.3 is 35.5 Å². The summed E-state index contributed by atoms with van der Waals surface area (Å²) in [6.45, 7) is 14.9. The quantitative estimate of drug-likeness (QED) is 0.244. The maximum atomic E-state index is 14.6. The minimum absolute atomic E-state index is 0.0149. The largest absolute Gasteiger partial charge is 0.483 e. The van der Waals surface area contributed by atoms with Crippen molar-refractivity contribution in [3.8, 4) is 5.75 Å². The Bertz CT molecular complexity index is 2050. The Kier molecular flexibility index (Phi) is 7.46. The van der Waals surface area contributed by atoms with Crippen molar-refractivity contribution in [3.05, 3.63) is 39.2 Å². The highest BCUT2D eigenvalue weighted by atomic mass is 16.7. The third kappa shape index (κ3) is 4.21. The zero-order valence-corrected chi connectivity index (χ0v) is 30.9. The molecule has 4 heterocycles. The number of carbonyl (C=O) groups excluding carboxylic acids is 5. The van der Waals surface area contributed by atoms with Gasteiger partial charge in [-0.2, -0.15) is 0 Å². The monoisotopic (exact) mass is 723 g/mol. The number of carbonyl (C=O) groups is 5. The van der Waals surface area contributed by atoms with Crippen molar-refractivity contribution in [2.75, 3.05) is 6.54 Å². The molecule has 280 valence electrons. The molecule has 2 saturated carbocycles. The van der Waals surface area contributed by atoms with Crippen molar-refractivity contribution in [2.45, 2.75) is 124 Å². The Morgan fingerprint density at radius 2 is 1.33 bits per heavy atom. The van der Waals surface area contributed by atoms with Crippen LogP contribution >= 0.6 is 0 Å². The summed E-state index contributed by atoms with van der Waals surface area (Å²) in [4.78, 5) is 80.7. The second-order valence-corrected chi connectivity index (χ2v) is 16.9. The third-order valence-corrected chi connectivity index (χ3v) is 13.9. The lowest BCUT2D eigenvalue weighted by Gasteiger charge is -2.45. The first kappa shape index (κ1) is 35.9. The van der Waals surface area contributed by atoms with Gasteiger partial charge < -0.3 is 38.6 Å². The topological polar surface area (TPSA) is 197 Å². The lowest BCUT2D eigenvalue weighted by molar-refractivity contribution is -0.217. The van der Waals surface area contributed by atoms with Gasteiger partial charge in [0, 0.05) is 16.2 Å². The molecule has 2 unspecified atom stereocenters. The minimum atomic E-state index is -1.66. The van der Waals surface area contributed by atoms with Crippen molar-refractivity contribution in [1.82, 2.24) is 0 Å². The Labute approximate surface area is 299 Å². The van der Waals surface area contributed by atoms with Crippen molar-refractivity contribution in [1.29, 1.82) is 0 Å². The van der Waals surface area contributed by atoms with Crippen LogP contribution in [0, 0.1) is 28.6 Å². The summed E-state index contributed by atoms with van der Waals surface area (Å²) in [6, 6.07) is 3.28. The molecule has 2 aromatic rings. The molecule has 2 N–H and O–H groups in total. The average molecular weight is 724 g/mol. The SMILES string of the molecule is Cc1c(COC(=O)CN)c(=O)oc2c3c(ccc12)OC(C)(C)[C@H](OC(=O)[C@@]12CCC(C)(C(=O)O1)C2(C)C)[C@@H]3OC(=O)[C@@]12CCC(C)(C(=O)O1)C2(C)C. The fourth-order valence-corrected chi connectivity index (χ4v) is 9.20. The average Bonchev–Trinajstić information content (AvgIpc) is 3.53. The predicted molar refractivity (Wildman–Crippen MR) is 179 cm³/mol. The van der Waals surface area contributed by atoms with Crippen molar-refractivity contribution >= 4 is 40.8 Å². The molecule has 3 aliphatic heterocycles. The molecular formula is C38H45NO13. The molecule has 0 amide bonds. The smallest absolute Gasteiger partial charge is 0.351 e. The maximum absolute atomic E-state index is 14.6. The highest BCUT2D eigenvalue weighted by molar-refractivity contribution is 5.95. The molecule has 2 saturated heterocycles. The standard InChI is InChI=1S/C38H45NO13/c1-18-19-10-11-21-23(24(19)47-27(41)20(18)17-46-22(40)16-39)25(48-30(44)37-14-12-35(8,28(42)51-37)33(37,4)5)26(32(2,3)50-21)49-31(45)38-15-13-36(9,29(43)52-38)34(38,6)7/h10-11,25-26H,12-17,39H2,1-9H3/t25-,26-,35?,36?,37-,38-/m1/s1. The van der Waals surface area contributed by atoms with Gasteiger partial charge in [0.2, 0.25) is 11.2 Å². The van der Waals surface area contributed by atoms with Crippen molar-refractivity contribution in [3.63, 3.8) is 0 Å². The van der Waals surface area contributed by atoms with E-state index in [9.17, 15) is 28.8 Å². The van der Waals surface area contributed by atoms with Crippen LogP contribution in [-0.4, -0.2) is 59.3 Å². The normalized spacial score (nSPS) is 34.3. The van der Waals surface area contributed by atoms with Gasteiger partial charge in [-0.25, -0.2) is 14.4 Å². The number of aryl methyl sites for hydroxylation is 1. The van der Waals surface area contributed by atoms with Crippen LogP contribution in [0.2, 0.25) is 0 Å². The summed E-state index contributed by atoms with van der Waals surface area (Å²) in [5.41, 5.74) is -3.35. The fraction of sp³-hybridized carbons (Fsp3) is 0.632. The summed E-state index contributed by atoms with van der Waals surface area (Å²) < 4.78 is 41.9. The molecule has 4 bridgehead atoms. The maximum Gasteiger partial charge on any atom is 0.351 e. The zero-order chi connectivity index (χ0) is 38.2. The Hall–Kier alpha value is -4.46. The van der Waals surface area contributed by atoms with Crippen LogP contribution in [0.5, 0.6) is 5.75 Å². The highest BCUT2D eigenvalue weighted by Gasteiger charge is 2.78. The second kappa shape index (κ2) is 10.8. The van der Waals surface area contributed by atoms with Crippen molar-refractivity contribution < 1.29 is 56.8 Å². The van der Waals surface area contributed by atoms with Crippen LogP contribution in [0.15, 0.2) is 21.3 Å². The van der Waals surface area contributed by atoms with E-state index in [0.717, 1.165) is 0 Å². The number of hydrogen-bond donors (Lipinski definition) is 1. The fourth-order valence-electron chi connectivity index (χ4n) is 9.20. The molecule has 14 heteroatoms. The predicted octanol–water partition coefficient (Wildman–Crippen LogP) is 4.01. The molecule has 1 aromatic carbocycles. The van der Waals surface area contributed by atoms with E-state index in [-0.39, 0.29) is 41.8 Å². The number of benzene rings is 1. The van der Waals surface area contributed by atoms with Crippen LogP contribution in [0.3, 0.4) is 0 Å². The first-order chi connectivity index (χ1) is 24.0. The molecule has 2 aliphatic carbocycles. The molecule has 1 aromatic heterocycles. The molecular weight excluding hydrogens is 678 g/mol. The summed E-state index contributed by atoms with van der Waals surface area (Å²) in [7, 11) is 0. The lowest BCUT2D eigenvalue weighted by atomic mass is 9.66. The van der Waals surface area contributed by atoms with Crippen LogP contribution in [-0.2, 0) is 54.3 Å². The van der Waals surface area contributed by atoms with E-state index in [1.165, 1.54) is 0 Å². The summed E-state index contributed by atoms with van der Waals surface area (Å²) in [5, 5.41) is 0.404. The van der Waals surface area contributed by atoms with Gasteiger partial charge in [-0.3, -0.25) is 14.4 Å². The van der Waals surface area contributed by atoms with Crippen LogP contribution in [0.4, 0.5) is 0 Å². The van der Waals surface area contributed by atoms with Gasteiger partial charge in [-0.05, 0) is 78.0 Å². The Balaban J connectivity index is 1.37. The van der Waals surface area contributed by atoms with E-state index in [2.05, 4.69) is 0 Å². The summed E-state index contributed by atoms with van der Waals surface area (Å²) in [6.07, 6.45) is -1.65. The van der Waals surface area contributed by atoms with E-state index in [4.69, 9.17) is 38.6 Å². The highest BCUT2D eigenvalue weighted by Crippen LogP contribution is 2.67. The number of hydrogen-bond acceptors (Lipinski definition) is 14. The summed E-state index contributed by atoms with van der Waals surface area (Å²) >= 11 is 0. The van der Waals surface area contributed by atoms with Crippen LogP contribution in [0.1, 0.15) is 104 Å². The molecule has 0 radical (unpaired) electrons.